The highest BCUT2D eigenvalue weighted by molar-refractivity contribution is 5.76. The van der Waals surface area contributed by atoms with E-state index < -0.39 is 0 Å². The molecular formula is C23H28N2O. The van der Waals surface area contributed by atoms with Crippen molar-refractivity contribution < 1.29 is 4.79 Å². The quantitative estimate of drug-likeness (QED) is 0.697. The Morgan fingerprint density at radius 1 is 0.654 bits per heavy atom. The Morgan fingerprint density at radius 3 is 1.50 bits per heavy atom. The van der Waals surface area contributed by atoms with Crippen molar-refractivity contribution in [2.75, 3.05) is 13.1 Å². The number of benzene rings is 2. The zero-order valence-electron chi connectivity index (χ0n) is 15.4. The van der Waals surface area contributed by atoms with Crippen LogP contribution in [-0.4, -0.2) is 28.9 Å². The normalized spacial score (nSPS) is 23.7. The van der Waals surface area contributed by atoms with E-state index in [2.05, 4.69) is 70.5 Å². The first-order chi connectivity index (χ1) is 12.8. The summed E-state index contributed by atoms with van der Waals surface area (Å²) in [5, 5.41) is 0. The van der Waals surface area contributed by atoms with E-state index in [1.807, 2.05) is 0 Å². The number of amides is 2. The third kappa shape index (κ3) is 3.48. The molecule has 2 aliphatic rings. The smallest absolute Gasteiger partial charge is 0.318 e. The predicted molar refractivity (Wildman–Crippen MR) is 105 cm³/mol. The molecule has 4 rings (SSSR count). The first kappa shape index (κ1) is 17.1. The highest BCUT2D eigenvalue weighted by Gasteiger charge is 2.35. The summed E-state index contributed by atoms with van der Waals surface area (Å²) >= 11 is 0. The summed E-state index contributed by atoms with van der Waals surface area (Å²) in [7, 11) is 0. The van der Waals surface area contributed by atoms with Gasteiger partial charge in [0, 0.05) is 13.1 Å². The third-order valence-corrected chi connectivity index (χ3v) is 5.87. The standard InChI is InChI=1S/C23H28N2O/c26-23(24-17-9-7-15-21(24)19-11-3-1-4-12-19)25-18-10-8-16-22(25)20-13-5-2-6-14-20/h1-6,11-14,21-22H,7-10,15-18H2. The minimum Gasteiger partial charge on any atom is -0.318 e. The number of likely N-dealkylation sites (tertiary alicyclic amines) is 2. The summed E-state index contributed by atoms with van der Waals surface area (Å²) in [6.45, 7) is 1.74. The van der Waals surface area contributed by atoms with Gasteiger partial charge in [0.2, 0.25) is 0 Å². The molecule has 2 unspecified atom stereocenters. The van der Waals surface area contributed by atoms with E-state index in [1.54, 1.807) is 0 Å². The molecule has 2 amide bonds. The molecule has 136 valence electrons. The zero-order valence-corrected chi connectivity index (χ0v) is 15.4. The third-order valence-electron chi connectivity index (χ3n) is 5.87. The van der Waals surface area contributed by atoms with Gasteiger partial charge in [-0.15, -0.1) is 0 Å². The number of carbonyl (C=O) groups is 1. The second-order valence-electron chi connectivity index (χ2n) is 7.51. The molecule has 0 saturated carbocycles. The lowest BCUT2D eigenvalue weighted by atomic mass is 9.93. The fourth-order valence-electron chi connectivity index (χ4n) is 4.53. The van der Waals surface area contributed by atoms with Gasteiger partial charge in [-0.25, -0.2) is 4.79 Å². The molecule has 2 heterocycles. The second kappa shape index (κ2) is 7.94. The number of carbonyl (C=O) groups excluding carboxylic acids is 1. The van der Waals surface area contributed by atoms with Gasteiger partial charge in [0.1, 0.15) is 0 Å². The number of hydrogen-bond acceptors (Lipinski definition) is 1. The van der Waals surface area contributed by atoms with E-state index in [1.165, 1.54) is 24.0 Å². The van der Waals surface area contributed by atoms with E-state index >= 15 is 0 Å². The van der Waals surface area contributed by atoms with Gasteiger partial charge >= 0.3 is 6.03 Å². The monoisotopic (exact) mass is 348 g/mol. The van der Waals surface area contributed by atoms with Crippen LogP contribution in [0.15, 0.2) is 60.7 Å². The molecule has 26 heavy (non-hydrogen) atoms. The van der Waals surface area contributed by atoms with Crippen molar-refractivity contribution in [2.24, 2.45) is 0 Å². The highest BCUT2D eigenvalue weighted by atomic mass is 16.2. The molecule has 0 aromatic heterocycles. The maximum absolute atomic E-state index is 13.6. The highest BCUT2D eigenvalue weighted by Crippen LogP contribution is 2.36. The van der Waals surface area contributed by atoms with Gasteiger partial charge in [-0.05, 0) is 49.7 Å². The molecule has 2 aromatic carbocycles. The fraction of sp³-hybridized carbons (Fsp3) is 0.435. The van der Waals surface area contributed by atoms with Crippen molar-refractivity contribution in [3.05, 3.63) is 71.8 Å². The van der Waals surface area contributed by atoms with Crippen molar-refractivity contribution in [3.8, 4) is 0 Å². The molecule has 0 aliphatic carbocycles. The zero-order chi connectivity index (χ0) is 17.8. The molecule has 2 saturated heterocycles. The van der Waals surface area contributed by atoms with Crippen LogP contribution in [0.25, 0.3) is 0 Å². The van der Waals surface area contributed by atoms with Crippen LogP contribution in [0.2, 0.25) is 0 Å². The van der Waals surface area contributed by atoms with Crippen LogP contribution in [0.4, 0.5) is 4.79 Å². The van der Waals surface area contributed by atoms with Crippen molar-refractivity contribution in [3.63, 3.8) is 0 Å². The van der Waals surface area contributed by atoms with Crippen LogP contribution in [0.5, 0.6) is 0 Å². The Bertz CT molecular complexity index is 654. The van der Waals surface area contributed by atoms with Crippen LogP contribution in [0.3, 0.4) is 0 Å². The van der Waals surface area contributed by atoms with Gasteiger partial charge in [0.15, 0.2) is 0 Å². The summed E-state index contributed by atoms with van der Waals surface area (Å²) in [5.74, 6) is 0. The first-order valence-corrected chi connectivity index (χ1v) is 10.0. The lowest BCUT2D eigenvalue weighted by Gasteiger charge is -2.43. The van der Waals surface area contributed by atoms with E-state index in [-0.39, 0.29) is 18.1 Å². The minimum atomic E-state index is 0.218. The van der Waals surface area contributed by atoms with Crippen molar-refractivity contribution in [1.29, 1.82) is 0 Å². The van der Waals surface area contributed by atoms with Crippen LogP contribution < -0.4 is 0 Å². The van der Waals surface area contributed by atoms with Gasteiger partial charge < -0.3 is 9.80 Å². The molecule has 0 N–H and O–H groups in total. The number of hydrogen-bond donors (Lipinski definition) is 0. The van der Waals surface area contributed by atoms with Crippen molar-refractivity contribution in [1.82, 2.24) is 9.80 Å². The van der Waals surface area contributed by atoms with Gasteiger partial charge in [0.05, 0.1) is 12.1 Å². The average Bonchev–Trinajstić information content (AvgIpc) is 2.74. The number of nitrogens with zero attached hydrogens (tertiary/aromatic N) is 2. The molecule has 0 bridgehead atoms. The number of rotatable bonds is 2. The molecule has 0 spiro atoms. The van der Waals surface area contributed by atoms with E-state index in [4.69, 9.17) is 0 Å². The van der Waals surface area contributed by atoms with E-state index in [9.17, 15) is 4.79 Å². The molecule has 2 aliphatic heterocycles. The Kier molecular flexibility index (Phi) is 5.24. The molecular weight excluding hydrogens is 320 g/mol. The van der Waals surface area contributed by atoms with E-state index in [0.29, 0.717) is 0 Å². The molecule has 3 heteroatoms. The molecule has 2 atom stereocenters. The summed E-state index contributed by atoms with van der Waals surface area (Å²) in [5.41, 5.74) is 2.54. The Morgan fingerprint density at radius 2 is 1.08 bits per heavy atom. The Hall–Kier alpha value is -2.29. The molecule has 2 aromatic rings. The van der Waals surface area contributed by atoms with Crippen LogP contribution in [-0.2, 0) is 0 Å². The predicted octanol–water partition coefficient (Wildman–Crippen LogP) is 5.56. The first-order valence-electron chi connectivity index (χ1n) is 10.0. The Balaban J connectivity index is 1.59. The summed E-state index contributed by atoms with van der Waals surface area (Å²) in [6.07, 6.45) is 6.76. The minimum absolute atomic E-state index is 0.218. The summed E-state index contributed by atoms with van der Waals surface area (Å²) < 4.78 is 0. The SMILES string of the molecule is O=C(N1CCCCC1c1ccccc1)N1CCCCC1c1ccccc1. The van der Waals surface area contributed by atoms with Crippen molar-refractivity contribution >= 4 is 6.03 Å². The van der Waals surface area contributed by atoms with E-state index in [0.717, 1.165) is 38.8 Å². The topological polar surface area (TPSA) is 23.6 Å². The second-order valence-corrected chi connectivity index (χ2v) is 7.51. The fourth-order valence-corrected chi connectivity index (χ4v) is 4.53. The summed E-state index contributed by atoms with van der Waals surface area (Å²) in [6, 6.07) is 21.8. The lowest BCUT2D eigenvalue weighted by Crippen LogP contribution is -2.49. The number of piperidine rings is 2. The molecule has 0 radical (unpaired) electrons. The van der Waals surface area contributed by atoms with Gasteiger partial charge in [-0.3, -0.25) is 0 Å². The van der Waals surface area contributed by atoms with Crippen LogP contribution in [0, 0.1) is 0 Å². The van der Waals surface area contributed by atoms with Gasteiger partial charge in [-0.1, -0.05) is 60.7 Å². The number of urea groups is 1. The summed E-state index contributed by atoms with van der Waals surface area (Å²) in [4.78, 5) is 17.9. The van der Waals surface area contributed by atoms with Crippen LogP contribution in [0.1, 0.15) is 61.7 Å². The maximum Gasteiger partial charge on any atom is 0.321 e. The lowest BCUT2D eigenvalue weighted by molar-refractivity contribution is 0.0874. The van der Waals surface area contributed by atoms with Gasteiger partial charge in [0.25, 0.3) is 0 Å². The van der Waals surface area contributed by atoms with Crippen LogP contribution >= 0.6 is 0 Å². The molecule has 2 fully saturated rings. The maximum atomic E-state index is 13.6. The van der Waals surface area contributed by atoms with Crippen molar-refractivity contribution in [2.45, 2.75) is 50.6 Å². The average molecular weight is 348 g/mol. The molecule has 3 nitrogen and oxygen atoms in total. The Labute approximate surface area is 156 Å². The largest absolute Gasteiger partial charge is 0.321 e. The van der Waals surface area contributed by atoms with Gasteiger partial charge in [-0.2, -0.15) is 0 Å².